The number of amides is 3. The van der Waals surface area contributed by atoms with Crippen LogP contribution in [0.5, 0.6) is 5.75 Å². The van der Waals surface area contributed by atoms with Crippen molar-refractivity contribution in [3.8, 4) is 5.75 Å². The third kappa shape index (κ3) is 5.45. The van der Waals surface area contributed by atoms with E-state index in [2.05, 4.69) is 0 Å². The Labute approximate surface area is 196 Å². The predicted molar refractivity (Wildman–Crippen MR) is 124 cm³/mol. The predicted octanol–water partition coefficient (Wildman–Crippen LogP) is 3.50. The van der Waals surface area contributed by atoms with Crippen molar-refractivity contribution >= 4 is 45.0 Å². The van der Waals surface area contributed by atoms with Gasteiger partial charge >= 0.3 is 10.1 Å². The standard InChI is InChI=1S/C23H22N2O6S2/c26-21(24-13-5-2-6-14-24)16-25-22(27)20(32-23(25)28)15-17-9-11-18(12-10-17)31-33(29,30)19-7-3-1-4-8-19/h1,3-4,7-12,15H,2,5-6,13-14,16H2/b20-15-. The van der Waals surface area contributed by atoms with Gasteiger partial charge in [-0.05, 0) is 66.9 Å². The van der Waals surface area contributed by atoms with E-state index in [1.54, 1.807) is 35.2 Å². The van der Waals surface area contributed by atoms with E-state index in [-0.39, 0.29) is 28.0 Å². The first-order valence-electron chi connectivity index (χ1n) is 10.5. The third-order valence-electron chi connectivity index (χ3n) is 5.29. The molecule has 2 heterocycles. The van der Waals surface area contributed by atoms with Crippen LogP contribution in [-0.2, 0) is 19.7 Å². The lowest BCUT2D eigenvalue weighted by Gasteiger charge is -2.27. The molecule has 0 spiro atoms. The summed E-state index contributed by atoms with van der Waals surface area (Å²) in [7, 11) is -3.95. The third-order valence-corrected chi connectivity index (χ3v) is 7.46. The van der Waals surface area contributed by atoms with Crippen molar-refractivity contribution in [1.29, 1.82) is 0 Å². The van der Waals surface area contributed by atoms with Gasteiger partial charge in [0.25, 0.3) is 11.1 Å². The lowest BCUT2D eigenvalue weighted by Crippen LogP contribution is -2.44. The first-order valence-corrected chi connectivity index (χ1v) is 12.7. The van der Waals surface area contributed by atoms with Gasteiger partial charge in [-0.1, -0.05) is 30.3 Å². The van der Waals surface area contributed by atoms with Gasteiger partial charge in [0.1, 0.15) is 17.2 Å². The Balaban J connectivity index is 1.42. The highest BCUT2D eigenvalue weighted by Crippen LogP contribution is 2.32. The summed E-state index contributed by atoms with van der Waals surface area (Å²) in [5.74, 6) is -0.613. The van der Waals surface area contributed by atoms with Crippen LogP contribution in [0.25, 0.3) is 6.08 Å². The van der Waals surface area contributed by atoms with Gasteiger partial charge < -0.3 is 9.08 Å². The molecule has 0 radical (unpaired) electrons. The van der Waals surface area contributed by atoms with E-state index in [9.17, 15) is 22.8 Å². The zero-order valence-electron chi connectivity index (χ0n) is 17.7. The fraction of sp³-hybridized carbons (Fsp3) is 0.261. The zero-order valence-corrected chi connectivity index (χ0v) is 19.3. The van der Waals surface area contributed by atoms with Crippen LogP contribution in [0.1, 0.15) is 24.8 Å². The monoisotopic (exact) mass is 486 g/mol. The first-order chi connectivity index (χ1) is 15.8. The number of carbonyl (C=O) groups excluding carboxylic acids is 3. The van der Waals surface area contributed by atoms with Gasteiger partial charge in [0, 0.05) is 13.1 Å². The quantitative estimate of drug-likeness (QED) is 0.455. The number of piperidine rings is 1. The molecule has 0 saturated carbocycles. The Kier molecular flexibility index (Phi) is 6.85. The van der Waals surface area contributed by atoms with Crippen molar-refractivity contribution in [1.82, 2.24) is 9.80 Å². The highest BCUT2D eigenvalue weighted by Gasteiger charge is 2.37. The van der Waals surface area contributed by atoms with Crippen LogP contribution >= 0.6 is 11.8 Å². The van der Waals surface area contributed by atoms with Crippen LogP contribution in [0.4, 0.5) is 4.79 Å². The largest absolute Gasteiger partial charge is 0.379 e. The number of hydrogen-bond donors (Lipinski definition) is 0. The summed E-state index contributed by atoms with van der Waals surface area (Å²) in [6.07, 6.45) is 4.47. The average molecular weight is 487 g/mol. The summed E-state index contributed by atoms with van der Waals surface area (Å²) >= 11 is 0.777. The number of nitrogens with zero attached hydrogens (tertiary/aromatic N) is 2. The van der Waals surface area contributed by atoms with E-state index in [1.807, 2.05) is 0 Å². The number of hydrogen-bond acceptors (Lipinski definition) is 7. The Morgan fingerprint density at radius 3 is 2.30 bits per heavy atom. The molecule has 0 aromatic heterocycles. The van der Waals surface area contributed by atoms with Crippen LogP contribution in [0.3, 0.4) is 0 Å². The summed E-state index contributed by atoms with van der Waals surface area (Å²) in [6, 6.07) is 13.9. The molecule has 0 aliphatic carbocycles. The molecule has 4 rings (SSSR count). The Morgan fingerprint density at radius 1 is 0.970 bits per heavy atom. The molecule has 0 bridgehead atoms. The van der Waals surface area contributed by atoms with Crippen LogP contribution in [0, 0.1) is 0 Å². The fourth-order valence-corrected chi connectivity index (χ4v) is 5.34. The molecule has 3 amide bonds. The number of imide groups is 1. The van der Waals surface area contributed by atoms with E-state index in [1.165, 1.54) is 30.3 Å². The van der Waals surface area contributed by atoms with Gasteiger partial charge in [-0.3, -0.25) is 19.3 Å². The molecule has 8 nitrogen and oxygen atoms in total. The molecule has 172 valence electrons. The molecule has 2 saturated heterocycles. The molecule has 2 aromatic carbocycles. The van der Waals surface area contributed by atoms with E-state index in [4.69, 9.17) is 4.18 Å². The summed E-state index contributed by atoms with van der Waals surface area (Å²) in [6.45, 7) is 1.05. The number of likely N-dealkylation sites (tertiary alicyclic amines) is 1. The van der Waals surface area contributed by atoms with Gasteiger partial charge in [0.05, 0.1) is 4.91 Å². The van der Waals surface area contributed by atoms with Crippen molar-refractivity contribution in [3.05, 3.63) is 65.1 Å². The highest BCUT2D eigenvalue weighted by atomic mass is 32.2. The number of carbonyl (C=O) groups is 3. The Bertz CT molecular complexity index is 1190. The molecule has 10 heteroatoms. The SMILES string of the molecule is O=C(CN1C(=O)S/C(=C\c2ccc(OS(=O)(=O)c3ccccc3)cc2)C1=O)N1CCCCC1. The lowest BCUT2D eigenvalue weighted by molar-refractivity contribution is -0.136. The molecule has 33 heavy (non-hydrogen) atoms. The van der Waals surface area contributed by atoms with Gasteiger partial charge in [0.2, 0.25) is 5.91 Å². The molecule has 0 N–H and O–H groups in total. The number of benzene rings is 2. The van der Waals surface area contributed by atoms with Crippen LogP contribution in [0.15, 0.2) is 64.4 Å². The van der Waals surface area contributed by atoms with E-state index in [0.717, 1.165) is 35.9 Å². The molecular formula is C23H22N2O6S2. The van der Waals surface area contributed by atoms with Gasteiger partial charge in [-0.15, -0.1) is 0 Å². The van der Waals surface area contributed by atoms with Crippen LogP contribution in [-0.4, -0.2) is 54.9 Å². The van der Waals surface area contributed by atoms with Crippen molar-refractivity contribution in [2.24, 2.45) is 0 Å². The maximum absolute atomic E-state index is 12.7. The van der Waals surface area contributed by atoms with E-state index < -0.39 is 21.3 Å². The average Bonchev–Trinajstić information content (AvgIpc) is 3.08. The smallest absolute Gasteiger partial charge is 0.339 e. The fourth-order valence-electron chi connectivity index (χ4n) is 3.55. The van der Waals surface area contributed by atoms with Gasteiger partial charge in [0.15, 0.2) is 0 Å². The molecule has 2 aliphatic rings. The topological polar surface area (TPSA) is 101 Å². The van der Waals surface area contributed by atoms with Crippen molar-refractivity contribution in [3.63, 3.8) is 0 Å². The molecule has 2 fully saturated rings. The molecule has 2 aliphatic heterocycles. The maximum atomic E-state index is 12.7. The maximum Gasteiger partial charge on any atom is 0.339 e. The number of thioether (sulfide) groups is 1. The highest BCUT2D eigenvalue weighted by molar-refractivity contribution is 8.18. The Morgan fingerprint density at radius 2 is 1.64 bits per heavy atom. The second-order valence-corrected chi connectivity index (χ2v) is 10.2. The summed E-state index contributed by atoms with van der Waals surface area (Å²) < 4.78 is 29.8. The normalized spacial score (nSPS) is 18.1. The van der Waals surface area contributed by atoms with E-state index >= 15 is 0 Å². The van der Waals surface area contributed by atoms with Crippen molar-refractivity contribution in [2.45, 2.75) is 24.2 Å². The lowest BCUT2D eigenvalue weighted by atomic mass is 10.1. The zero-order chi connectivity index (χ0) is 23.4. The molecular weight excluding hydrogens is 464 g/mol. The van der Waals surface area contributed by atoms with Crippen molar-refractivity contribution < 1.29 is 27.0 Å². The first kappa shape index (κ1) is 23.1. The minimum Gasteiger partial charge on any atom is -0.379 e. The number of rotatable bonds is 6. The second kappa shape index (κ2) is 9.80. The van der Waals surface area contributed by atoms with Gasteiger partial charge in [-0.2, -0.15) is 8.42 Å². The van der Waals surface area contributed by atoms with Crippen LogP contribution < -0.4 is 4.18 Å². The molecule has 0 atom stereocenters. The molecule has 0 unspecified atom stereocenters. The summed E-state index contributed by atoms with van der Waals surface area (Å²) in [5, 5.41) is -0.481. The second-order valence-electron chi connectivity index (χ2n) is 7.63. The van der Waals surface area contributed by atoms with Crippen molar-refractivity contribution in [2.75, 3.05) is 19.6 Å². The minimum absolute atomic E-state index is 0.0434. The van der Waals surface area contributed by atoms with E-state index in [0.29, 0.717) is 18.7 Å². The van der Waals surface area contributed by atoms with Crippen LogP contribution in [0.2, 0.25) is 0 Å². The Hall–Kier alpha value is -3.11. The molecule has 2 aromatic rings. The minimum atomic E-state index is -3.95. The summed E-state index contributed by atoms with van der Waals surface area (Å²) in [5.41, 5.74) is 0.590. The van der Waals surface area contributed by atoms with Gasteiger partial charge in [-0.25, -0.2) is 0 Å². The summed E-state index contributed by atoms with van der Waals surface area (Å²) in [4.78, 5) is 40.4.